The van der Waals surface area contributed by atoms with E-state index in [4.69, 9.17) is 5.11 Å². The van der Waals surface area contributed by atoms with Gasteiger partial charge in [0.25, 0.3) is 0 Å². The van der Waals surface area contributed by atoms with Crippen molar-refractivity contribution in [2.75, 3.05) is 5.75 Å². The number of carboxylic acid groups (broad SMARTS) is 1. The van der Waals surface area contributed by atoms with Crippen molar-refractivity contribution in [3.05, 3.63) is 0 Å². The Morgan fingerprint density at radius 2 is 1.93 bits per heavy atom. The molecule has 0 aliphatic rings. The Bertz CT molecular complexity index is 286. The minimum atomic E-state index is -3.44. The fourth-order valence-corrected chi connectivity index (χ4v) is 2.49. The largest absolute Gasteiger partial charge is 0.480 e. The number of aliphatic carboxylic acids is 1. The number of carboxylic acids is 1. The van der Waals surface area contributed by atoms with E-state index in [1.807, 2.05) is 6.92 Å². The summed E-state index contributed by atoms with van der Waals surface area (Å²) < 4.78 is 24.9. The molecule has 0 bridgehead atoms. The Balaban J connectivity index is 4.34. The zero-order valence-electron chi connectivity index (χ0n) is 9.19. The van der Waals surface area contributed by atoms with E-state index in [0.717, 1.165) is 6.42 Å². The van der Waals surface area contributed by atoms with Gasteiger partial charge in [-0.2, -0.15) is 0 Å². The van der Waals surface area contributed by atoms with Crippen molar-refractivity contribution in [1.29, 1.82) is 0 Å². The van der Waals surface area contributed by atoms with Crippen molar-refractivity contribution in [1.82, 2.24) is 4.72 Å². The second kappa shape index (κ2) is 6.79. The maximum absolute atomic E-state index is 11.3. The van der Waals surface area contributed by atoms with Crippen LogP contribution in [-0.2, 0) is 14.8 Å². The van der Waals surface area contributed by atoms with E-state index >= 15 is 0 Å². The van der Waals surface area contributed by atoms with Crippen LogP contribution in [0.3, 0.4) is 0 Å². The summed E-state index contributed by atoms with van der Waals surface area (Å²) in [6.45, 7) is 3.67. The number of hydrogen-bond acceptors (Lipinski definition) is 3. The minimum Gasteiger partial charge on any atom is -0.480 e. The van der Waals surface area contributed by atoms with E-state index < -0.39 is 22.0 Å². The van der Waals surface area contributed by atoms with Crippen LogP contribution >= 0.6 is 0 Å². The van der Waals surface area contributed by atoms with Gasteiger partial charge in [0.05, 0.1) is 5.75 Å². The topological polar surface area (TPSA) is 83.5 Å². The van der Waals surface area contributed by atoms with Crippen LogP contribution in [0, 0.1) is 0 Å². The highest BCUT2D eigenvalue weighted by Crippen LogP contribution is 2.03. The number of hydrogen-bond donors (Lipinski definition) is 2. The van der Waals surface area contributed by atoms with E-state index in [9.17, 15) is 13.2 Å². The molecule has 0 aromatic rings. The lowest BCUT2D eigenvalue weighted by atomic mass is 10.1. The Hall–Kier alpha value is -0.620. The van der Waals surface area contributed by atoms with Crippen molar-refractivity contribution in [2.45, 2.75) is 45.6 Å². The molecule has 6 heteroatoms. The van der Waals surface area contributed by atoms with Crippen LogP contribution in [0.25, 0.3) is 0 Å². The summed E-state index contributed by atoms with van der Waals surface area (Å²) in [5, 5.41) is 8.80. The van der Waals surface area contributed by atoms with Gasteiger partial charge < -0.3 is 5.11 Å². The normalized spacial score (nSPS) is 13.7. The molecule has 15 heavy (non-hydrogen) atoms. The predicted octanol–water partition coefficient (Wildman–Crippen LogP) is 0.959. The average molecular weight is 237 g/mol. The monoisotopic (exact) mass is 237 g/mol. The third-order valence-corrected chi connectivity index (χ3v) is 3.53. The van der Waals surface area contributed by atoms with Gasteiger partial charge in [-0.1, -0.05) is 26.7 Å². The summed E-state index contributed by atoms with van der Waals surface area (Å²) in [6, 6.07) is -0.985. The first-order valence-electron chi connectivity index (χ1n) is 5.15. The number of unbranched alkanes of at least 4 members (excludes halogenated alkanes) is 1. The Morgan fingerprint density at radius 1 is 1.33 bits per heavy atom. The van der Waals surface area contributed by atoms with Gasteiger partial charge in [-0.05, 0) is 12.8 Å². The summed E-state index contributed by atoms with van der Waals surface area (Å²) in [5.74, 6) is -1.13. The second-order valence-corrected chi connectivity index (χ2v) is 5.34. The number of sulfonamides is 1. The molecule has 1 atom stereocenters. The summed E-state index contributed by atoms with van der Waals surface area (Å²) in [6.07, 6.45) is 2.37. The molecular formula is C9H19NO4S. The molecule has 0 aromatic carbocycles. The fraction of sp³-hybridized carbons (Fsp3) is 0.889. The van der Waals surface area contributed by atoms with Gasteiger partial charge in [0.1, 0.15) is 6.04 Å². The molecule has 0 aliphatic carbocycles. The highest BCUT2D eigenvalue weighted by molar-refractivity contribution is 7.89. The molecule has 5 nitrogen and oxygen atoms in total. The second-order valence-electron chi connectivity index (χ2n) is 3.47. The van der Waals surface area contributed by atoms with Gasteiger partial charge in [-0.3, -0.25) is 4.79 Å². The Labute approximate surface area is 90.9 Å². The van der Waals surface area contributed by atoms with Crippen LogP contribution in [0.2, 0.25) is 0 Å². The lowest BCUT2D eigenvalue weighted by molar-refractivity contribution is -0.139. The van der Waals surface area contributed by atoms with Crippen molar-refractivity contribution in [3.63, 3.8) is 0 Å². The molecule has 0 saturated carbocycles. The molecular weight excluding hydrogens is 218 g/mol. The van der Waals surface area contributed by atoms with Crippen LogP contribution in [0.5, 0.6) is 0 Å². The molecule has 0 unspecified atom stereocenters. The standard InChI is InChI=1S/C9H19NO4S/c1-3-5-6-8(9(11)12)10-15(13,14)7-4-2/h8,10H,3-7H2,1-2H3,(H,11,12)/t8-/m0/s1. The van der Waals surface area contributed by atoms with Gasteiger partial charge in [0, 0.05) is 0 Å². The SMILES string of the molecule is CCCC[C@H](NS(=O)(=O)CCC)C(=O)O. The van der Waals surface area contributed by atoms with Gasteiger partial charge in [0.2, 0.25) is 10.0 Å². The van der Waals surface area contributed by atoms with Gasteiger partial charge in [-0.25, -0.2) is 13.1 Å². The molecule has 0 aromatic heterocycles. The molecule has 0 aliphatic heterocycles. The van der Waals surface area contributed by atoms with Crippen LogP contribution in [0.4, 0.5) is 0 Å². The smallest absolute Gasteiger partial charge is 0.321 e. The lowest BCUT2D eigenvalue weighted by Gasteiger charge is -2.13. The van der Waals surface area contributed by atoms with Crippen molar-refractivity contribution >= 4 is 16.0 Å². The van der Waals surface area contributed by atoms with Crippen LogP contribution in [-0.4, -0.2) is 31.3 Å². The lowest BCUT2D eigenvalue weighted by Crippen LogP contribution is -2.41. The highest BCUT2D eigenvalue weighted by atomic mass is 32.2. The van der Waals surface area contributed by atoms with Gasteiger partial charge in [0.15, 0.2) is 0 Å². The zero-order chi connectivity index (χ0) is 11.9. The summed E-state index contributed by atoms with van der Waals surface area (Å²) in [4.78, 5) is 10.8. The molecule has 0 heterocycles. The Kier molecular flexibility index (Phi) is 6.51. The summed E-state index contributed by atoms with van der Waals surface area (Å²) in [7, 11) is -3.44. The highest BCUT2D eigenvalue weighted by Gasteiger charge is 2.22. The number of rotatable bonds is 8. The van der Waals surface area contributed by atoms with Crippen molar-refractivity contribution in [3.8, 4) is 0 Å². The van der Waals surface area contributed by atoms with Gasteiger partial charge in [-0.15, -0.1) is 0 Å². The summed E-state index contributed by atoms with van der Waals surface area (Å²) in [5.41, 5.74) is 0. The van der Waals surface area contributed by atoms with Crippen LogP contribution in [0.15, 0.2) is 0 Å². The molecule has 0 amide bonds. The number of carbonyl (C=O) groups is 1. The molecule has 0 saturated heterocycles. The molecule has 90 valence electrons. The van der Waals surface area contributed by atoms with E-state index in [2.05, 4.69) is 4.72 Å². The molecule has 0 fully saturated rings. The van der Waals surface area contributed by atoms with E-state index in [0.29, 0.717) is 19.3 Å². The predicted molar refractivity (Wildman–Crippen MR) is 58.2 cm³/mol. The zero-order valence-corrected chi connectivity index (χ0v) is 10.0. The molecule has 0 rings (SSSR count). The first-order chi connectivity index (χ1) is 6.93. The van der Waals surface area contributed by atoms with Crippen LogP contribution < -0.4 is 4.72 Å². The van der Waals surface area contributed by atoms with Crippen molar-refractivity contribution < 1.29 is 18.3 Å². The third-order valence-electron chi connectivity index (χ3n) is 1.94. The molecule has 0 spiro atoms. The van der Waals surface area contributed by atoms with E-state index in [1.54, 1.807) is 6.92 Å². The molecule has 0 radical (unpaired) electrons. The Morgan fingerprint density at radius 3 is 2.33 bits per heavy atom. The van der Waals surface area contributed by atoms with Crippen molar-refractivity contribution in [2.24, 2.45) is 0 Å². The average Bonchev–Trinajstić information content (AvgIpc) is 2.11. The van der Waals surface area contributed by atoms with E-state index in [1.165, 1.54) is 0 Å². The maximum atomic E-state index is 11.3. The van der Waals surface area contributed by atoms with E-state index in [-0.39, 0.29) is 5.75 Å². The maximum Gasteiger partial charge on any atom is 0.321 e. The first-order valence-corrected chi connectivity index (χ1v) is 6.81. The third kappa shape index (κ3) is 6.46. The molecule has 2 N–H and O–H groups in total. The van der Waals surface area contributed by atoms with Crippen LogP contribution in [0.1, 0.15) is 39.5 Å². The summed E-state index contributed by atoms with van der Waals surface area (Å²) >= 11 is 0. The number of nitrogens with one attached hydrogen (secondary N) is 1. The van der Waals surface area contributed by atoms with Gasteiger partial charge >= 0.3 is 5.97 Å². The fourth-order valence-electron chi connectivity index (χ4n) is 1.19. The minimum absolute atomic E-state index is 0.0249. The quantitative estimate of drug-likeness (QED) is 0.658. The first kappa shape index (κ1) is 14.4.